The lowest BCUT2D eigenvalue weighted by Crippen LogP contribution is -2.12. The van der Waals surface area contributed by atoms with Gasteiger partial charge in [-0.1, -0.05) is 18.2 Å². The zero-order chi connectivity index (χ0) is 12.1. The van der Waals surface area contributed by atoms with Crippen LogP contribution in [0.5, 0.6) is 5.75 Å². The van der Waals surface area contributed by atoms with Gasteiger partial charge in [0.05, 0.1) is 6.54 Å². The van der Waals surface area contributed by atoms with Gasteiger partial charge in [-0.3, -0.25) is 0 Å². The molecule has 0 saturated carbocycles. The van der Waals surface area contributed by atoms with Crippen molar-refractivity contribution in [1.29, 1.82) is 0 Å². The average Bonchev–Trinajstić information content (AvgIpc) is 2.65. The van der Waals surface area contributed by atoms with Crippen molar-refractivity contribution in [1.82, 2.24) is 9.97 Å². The van der Waals surface area contributed by atoms with E-state index in [0.717, 1.165) is 11.6 Å². The van der Waals surface area contributed by atoms with Crippen molar-refractivity contribution in [3.8, 4) is 5.75 Å². The molecule has 1 aromatic carbocycles. The molecule has 0 saturated heterocycles. The van der Waals surface area contributed by atoms with E-state index >= 15 is 0 Å². The lowest BCUT2D eigenvalue weighted by atomic mass is 10.3. The fourth-order valence-corrected chi connectivity index (χ4v) is 1.50. The van der Waals surface area contributed by atoms with E-state index < -0.39 is 0 Å². The lowest BCUT2D eigenvalue weighted by molar-refractivity contribution is 0.333. The van der Waals surface area contributed by atoms with Gasteiger partial charge in [-0.15, -0.1) is 0 Å². The van der Waals surface area contributed by atoms with Gasteiger partial charge in [0.1, 0.15) is 24.0 Å². The van der Waals surface area contributed by atoms with Crippen molar-refractivity contribution in [3.05, 3.63) is 36.2 Å². The number of nitrogens with one attached hydrogen (secondary N) is 2. The van der Waals surface area contributed by atoms with Gasteiger partial charge in [0.15, 0.2) is 5.82 Å². The third kappa shape index (κ3) is 3.14. The number of anilines is 2. The highest BCUT2D eigenvalue weighted by molar-refractivity contribution is 5.56. The molecular weight excluding hydrogens is 216 g/mol. The first-order valence-corrected chi connectivity index (χ1v) is 5.49. The van der Waals surface area contributed by atoms with Crippen LogP contribution in [0.15, 0.2) is 30.3 Å². The molecule has 2 rings (SSSR count). The van der Waals surface area contributed by atoms with Crippen molar-refractivity contribution >= 4 is 11.6 Å². The Balaban J connectivity index is 1.75. The molecule has 90 valence electrons. The minimum Gasteiger partial charge on any atom is -0.492 e. The third-order valence-electron chi connectivity index (χ3n) is 2.26. The monoisotopic (exact) mass is 232 g/mol. The molecule has 0 aliphatic heterocycles. The topological polar surface area (TPSA) is 76.0 Å². The summed E-state index contributed by atoms with van der Waals surface area (Å²) in [6.07, 6.45) is 0. The molecule has 0 spiro atoms. The second-order valence-electron chi connectivity index (χ2n) is 3.67. The minimum atomic E-state index is 0.558. The molecule has 0 bridgehead atoms. The fourth-order valence-electron chi connectivity index (χ4n) is 1.50. The molecule has 1 heterocycles. The van der Waals surface area contributed by atoms with Crippen LogP contribution in [-0.2, 0) is 0 Å². The number of rotatable bonds is 5. The summed E-state index contributed by atoms with van der Waals surface area (Å²) in [5.41, 5.74) is 5.71. The first-order chi connectivity index (χ1) is 8.25. The second kappa shape index (κ2) is 5.25. The maximum Gasteiger partial charge on any atom is 0.168 e. The molecule has 0 fully saturated rings. The Kier molecular flexibility index (Phi) is 3.49. The van der Waals surface area contributed by atoms with E-state index in [1.807, 2.05) is 37.3 Å². The van der Waals surface area contributed by atoms with Crippen molar-refractivity contribution in [3.63, 3.8) is 0 Å². The highest BCUT2D eigenvalue weighted by Crippen LogP contribution is 2.13. The van der Waals surface area contributed by atoms with E-state index in [2.05, 4.69) is 15.3 Å². The number of hydrogen-bond donors (Lipinski definition) is 3. The van der Waals surface area contributed by atoms with Gasteiger partial charge >= 0.3 is 0 Å². The number of nitrogens with two attached hydrogens (primary N) is 1. The van der Waals surface area contributed by atoms with Crippen LogP contribution in [0.4, 0.5) is 11.6 Å². The van der Waals surface area contributed by atoms with Gasteiger partial charge < -0.3 is 20.8 Å². The standard InChI is InChI=1S/C12H16N4O/c1-9-15-11(13)12(16-9)14-7-8-17-10-5-3-2-4-6-10/h2-6,14H,7-8,13H2,1H3,(H,15,16). The van der Waals surface area contributed by atoms with Crippen LogP contribution in [0.2, 0.25) is 0 Å². The Bertz CT molecular complexity index is 467. The van der Waals surface area contributed by atoms with Crippen LogP contribution in [0.1, 0.15) is 5.82 Å². The van der Waals surface area contributed by atoms with E-state index in [1.54, 1.807) is 0 Å². The molecule has 0 amide bonds. The molecule has 0 atom stereocenters. The molecule has 0 radical (unpaired) electrons. The molecule has 17 heavy (non-hydrogen) atoms. The number of ether oxygens (including phenoxy) is 1. The summed E-state index contributed by atoms with van der Waals surface area (Å²) in [6.45, 7) is 3.08. The van der Waals surface area contributed by atoms with Crippen LogP contribution in [0.25, 0.3) is 0 Å². The molecule has 0 aliphatic rings. The summed E-state index contributed by atoms with van der Waals surface area (Å²) < 4.78 is 5.53. The van der Waals surface area contributed by atoms with E-state index in [-0.39, 0.29) is 0 Å². The Morgan fingerprint density at radius 1 is 1.35 bits per heavy atom. The second-order valence-corrected chi connectivity index (χ2v) is 3.67. The predicted molar refractivity (Wildman–Crippen MR) is 68.2 cm³/mol. The molecule has 5 nitrogen and oxygen atoms in total. The number of hydrogen-bond acceptors (Lipinski definition) is 4. The SMILES string of the molecule is Cc1nc(NCCOc2ccccc2)c(N)[nH]1. The number of aryl methyl sites for hydroxylation is 1. The normalized spacial score (nSPS) is 10.2. The Morgan fingerprint density at radius 2 is 2.12 bits per heavy atom. The van der Waals surface area contributed by atoms with Crippen LogP contribution < -0.4 is 15.8 Å². The van der Waals surface area contributed by atoms with Crippen LogP contribution >= 0.6 is 0 Å². The van der Waals surface area contributed by atoms with Gasteiger partial charge in [0.2, 0.25) is 0 Å². The van der Waals surface area contributed by atoms with Gasteiger partial charge in [-0.2, -0.15) is 0 Å². The number of para-hydroxylation sites is 1. The van der Waals surface area contributed by atoms with E-state index in [1.165, 1.54) is 0 Å². The van der Waals surface area contributed by atoms with Gasteiger partial charge in [0, 0.05) is 0 Å². The van der Waals surface area contributed by atoms with Crippen molar-refractivity contribution in [2.75, 3.05) is 24.2 Å². The lowest BCUT2D eigenvalue weighted by Gasteiger charge is -2.06. The summed E-state index contributed by atoms with van der Waals surface area (Å²) >= 11 is 0. The first kappa shape index (κ1) is 11.3. The highest BCUT2D eigenvalue weighted by Gasteiger charge is 2.02. The summed E-state index contributed by atoms with van der Waals surface area (Å²) in [7, 11) is 0. The minimum absolute atomic E-state index is 0.558. The van der Waals surface area contributed by atoms with Crippen LogP contribution in [-0.4, -0.2) is 23.1 Å². The zero-order valence-electron chi connectivity index (χ0n) is 9.73. The number of imidazole rings is 1. The van der Waals surface area contributed by atoms with E-state index in [0.29, 0.717) is 24.8 Å². The fraction of sp³-hybridized carbons (Fsp3) is 0.250. The molecule has 0 unspecified atom stereocenters. The van der Waals surface area contributed by atoms with Gasteiger partial charge in [0.25, 0.3) is 0 Å². The predicted octanol–water partition coefficient (Wildman–Crippen LogP) is 1.79. The van der Waals surface area contributed by atoms with E-state index in [4.69, 9.17) is 10.5 Å². The highest BCUT2D eigenvalue weighted by atomic mass is 16.5. The summed E-state index contributed by atoms with van der Waals surface area (Å²) in [5, 5.41) is 3.11. The molecule has 2 aromatic rings. The van der Waals surface area contributed by atoms with Crippen LogP contribution in [0.3, 0.4) is 0 Å². The molecule has 1 aromatic heterocycles. The van der Waals surface area contributed by atoms with Crippen molar-refractivity contribution in [2.24, 2.45) is 0 Å². The number of aromatic nitrogens is 2. The largest absolute Gasteiger partial charge is 0.492 e. The molecule has 5 heteroatoms. The molecule has 4 N–H and O–H groups in total. The quantitative estimate of drug-likeness (QED) is 0.687. The average molecular weight is 232 g/mol. The number of nitrogen functional groups attached to an aromatic ring is 1. The van der Waals surface area contributed by atoms with E-state index in [9.17, 15) is 0 Å². The number of H-pyrrole nitrogens is 1. The number of benzene rings is 1. The van der Waals surface area contributed by atoms with Gasteiger partial charge in [-0.25, -0.2) is 4.98 Å². The van der Waals surface area contributed by atoms with Gasteiger partial charge in [-0.05, 0) is 19.1 Å². The maximum atomic E-state index is 5.71. The summed E-state index contributed by atoms with van der Waals surface area (Å²) in [4.78, 5) is 7.14. The third-order valence-corrected chi connectivity index (χ3v) is 2.26. The van der Waals surface area contributed by atoms with Crippen molar-refractivity contribution < 1.29 is 4.74 Å². The molecule has 0 aliphatic carbocycles. The zero-order valence-corrected chi connectivity index (χ0v) is 9.73. The molecular formula is C12H16N4O. The Labute approximate surface area is 100 Å². The summed E-state index contributed by atoms with van der Waals surface area (Å²) in [6, 6.07) is 9.69. The number of aromatic amines is 1. The Hall–Kier alpha value is -2.17. The van der Waals surface area contributed by atoms with Crippen LogP contribution in [0, 0.1) is 6.92 Å². The number of nitrogens with zero attached hydrogens (tertiary/aromatic N) is 1. The maximum absolute atomic E-state index is 5.71. The first-order valence-electron chi connectivity index (χ1n) is 5.49. The summed E-state index contributed by atoms with van der Waals surface area (Å²) in [5.74, 6) is 2.90. The Morgan fingerprint density at radius 3 is 2.76 bits per heavy atom. The van der Waals surface area contributed by atoms with Crippen molar-refractivity contribution in [2.45, 2.75) is 6.92 Å². The smallest absolute Gasteiger partial charge is 0.168 e.